The van der Waals surface area contributed by atoms with Gasteiger partial charge < -0.3 is 0 Å². The molecule has 1 heterocycles. The third-order valence-corrected chi connectivity index (χ3v) is 3.64. The number of rotatable bonds is 3. The highest BCUT2D eigenvalue weighted by Crippen LogP contribution is 2.03. The van der Waals surface area contributed by atoms with Gasteiger partial charge in [-0.15, -0.1) is 0 Å². The molecular weight excluding hydrogens is 166 g/mol. The van der Waals surface area contributed by atoms with Crippen molar-refractivity contribution >= 4 is 13.4 Å². The van der Waals surface area contributed by atoms with Gasteiger partial charge in [0.15, 0.2) is 0 Å². The lowest BCUT2D eigenvalue weighted by Gasteiger charge is -2.12. The summed E-state index contributed by atoms with van der Waals surface area (Å²) in [5.74, 6) is 0. The number of aromatic nitrogens is 3. The smallest absolute Gasteiger partial charge is 0.106 e. The van der Waals surface area contributed by atoms with Crippen LogP contribution in [0.25, 0.3) is 0 Å². The van der Waals surface area contributed by atoms with E-state index in [1.54, 1.807) is 0 Å². The number of aryl methyl sites for hydroxylation is 1. The maximum absolute atomic E-state index is 4.23. The Bertz CT molecular complexity index is 249. The van der Waals surface area contributed by atoms with Gasteiger partial charge >= 0.3 is 0 Å². The fourth-order valence-electron chi connectivity index (χ4n) is 1.26. The highest BCUT2D eigenvalue weighted by molar-refractivity contribution is 6.88. The van der Waals surface area contributed by atoms with E-state index >= 15 is 0 Å². The maximum atomic E-state index is 4.23. The van der Waals surface area contributed by atoms with Crippen molar-refractivity contribution in [2.45, 2.75) is 39.4 Å². The summed E-state index contributed by atoms with van der Waals surface area (Å²) in [5.41, 5.74) is 1.18. The van der Waals surface area contributed by atoms with Crippen molar-refractivity contribution in [3.8, 4) is 0 Å². The molecule has 1 rings (SSSR count). The van der Waals surface area contributed by atoms with E-state index < -0.39 is 8.07 Å². The van der Waals surface area contributed by atoms with Crippen LogP contribution in [0.1, 0.15) is 19.0 Å². The summed E-state index contributed by atoms with van der Waals surface area (Å²) in [7, 11) is -1.27. The zero-order valence-electron chi connectivity index (χ0n) is 8.31. The third-order valence-electron chi connectivity index (χ3n) is 1.82. The standard InChI is InChI=1S/C8H17N3Si/c1-5-6-7-8(10-11-9-7)12(2,3)4/h5-6H2,1-4H3,(H,9,10,11). The van der Waals surface area contributed by atoms with Crippen LogP contribution in [0.15, 0.2) is 0 Å². The van der Waals surface area contributed by atoms with Crippen LogP contribution in [-0.4, -0.2) is 23.5 Å². The summed E-state index contributed by atoms with van der Waals surface area (Å²) < 4.78 is 0. The Kier molecular flexibility index (Phi) is 2.67. The van der Waals surface area contributed by atoms with E-state index in [1.807, 2.05) is 0 Å². The fraction of sp³-hybridized carbons (Fsp3) is 0.750. The van der Waals surface area contributed by atoms with E-state index in [9.17, 15) is 0 Å². The second-order valence-corrected chi connectivity index (χ2v) is 9.09. The lowest BCUT2D eigenvalue weighted by atomic mass is 10.3. The van der Waals surface area contributed by atoms with Gasteiger partial charge in [0.1, 0.15) is 8.07 Å². The van der Waals surface area contributed by atoms with E-state index in [1.165, 1.54) is 11.0 Å². The molecule has 4 heteroatoms. The zero-order valence-corrected chi connectivity index (χ0v) is 9.31. The van der Waals surface area contributed by atoms with Crippen LogP contribution >= 0.6 is 0 Å². The highest BCUT2D eigenvalue weighted by atomic mass is 28.3. The Morgan fingerprint density at radius 3 is 2.42 bits per heavy atom. The van der Waals surface area contributed by atoms with Gasteiger partial charge in [-0.05, 0) is 6.42 Å². The third kappa shape index (κ3) is 1.94. The van der Waals surface area contributed by atoms with E-state index in [4.69, 9.17) is 0 Å². The van der Waals surface area contributed by atoms with Crippen molar-refractivity contribution in [3.63, 3.8) is 0 Å². The molecule has 68 valence electrons. The van der Waals surface area contributed by atoms with Gasteiger partial charge in [-0.3, -0.25) is 0 Å². The molecule has 1 aromatic heterocycles. The summed E-state index contributed by atoms with van der Waals surface area (Å²) >= 11 is 0. The SMILES string of the molecule is CCCc1n[nH]nc1[Si](C)(C)C. The number of hydrogen-bond acceptors (Lipinski definition) is 2. The lowest BCUT2D eigenvalue weighted by Crippen LogP contribution is -2.41. The van der Waals surface area contributed by atoms with E-state index in [2.05, 4.69) is 42.0 Å². The lowest BCUT2D eigenvalue weighted by molar-refractivity contribution is 0.853. The van der Waals surface area contributed by atoms with Gasteiger partial charge in [-0.2, -0.15) is 15.4 Å². The zero-order chi connectivity index (χ0) is 9.19. The monoisotopic (exact) mass is 183 g/mol. The average Bonchev–Trinajstić information content (AvgIpc) is 2.34. The van der Waals surface area contributed by atoms with Crippen LogP contribution in [0.5, 0.6) is 0 Å². The molecular formula is C8H17N3Si. The van der Waals surface area contributed by atoms with E-state index in [0.717, 1.165) is 12.8 Å². The van der Waals surface area contributed by atoms with Crippen LogP contribution < -0.4 is 5.32 Å². The molecule has 0 radical (unpaired) electrons. The van der Waals surface area contributed by atoms with Crippen molar-refractivity contribution in [1.29, 1.82) is 0 Å². The summed E-state index contributed by atoms with van der Waals surface area (Å²) in [5, 5.41) is 12.4. The fourth-order valence-corrected chi connectivity index (χ4v) is 2.70. The minimum Gasteiger partial charge on any atom is -0.198 e. The van der Waals surface area contributed by atoms with Crippen molar-refractivity contribution in [3.05, 3.63) is 5.69 Å². The molecule has 0 amide bonds. The van der Waals surface area contributed by atoms with Gasteiger partial charge in [-0.25, -0.2) is 0 Å². The van der Waals surface area contributed by atoms with Crippen molar-refractivity contribution in [2.75, 3.05) is 0 Å². The predicted octanol–water partition coefficient (Wildman–Crippen LogP) is 1.30. The number of nitrogens with zero attached hydrogens (tertiary/aromatic N) is 2. The second-order valence-electron chi connectivity index (χ2n) is 4.12. The highest BCUT2D eigenvalue weighted by Gasteiger charge is 2.23. The predicted molar refractivity (Wildman–Crippen MR) is 53.4 cm³/mol. The summed E-state index contributed by atoms with van der Waals surface area (Å²) in [6, 6.07) is 0. The first kappa shape index (κ1) is 9.44. The quantitative estimate of drug-likeness (QED) is 0.718. The normalized spacial score (nSPS) is 12.0. The number of H-pyrrole nitrogens is 1. The molecule has 0 atom stereocenters. The molecule has 0 aliphatic heterocycles. The minimum absolute atomic E-state index is 1.05. The van der Waals surface area contributed by atoms with Crippen LogP contribution in [0.2, 0.25) is 19.6 Å². The molecule has 0 fully saturated rings. The molecule has 0 aromatic carbocycles. The Morgan fingerprint density at radius 2 is 1.92 bits per heavy atom. The molecule has 0 bridgehead atoms. The first-order valence-electron chi connectivity index (χ1n) is 4.46. The summed E-state index contributed by atoms with van der Waals surface area (Å²) in [6.07, 6.45) is 2.19. The van der Waals surface area contributed by atoms with Gasteiger partial charge in [0.25, 0.3) is 0 Å². The molecule has 1 N–H and O–H groups in total. The van der Waals surface area contributed by atoms with E-state index in [0.29, 0.717) is 0 Å². The Hall–Kier alpha value is -0.643. The Morgan fingerprint density at radius 1 is 1.25 bits per heavy atom. The Balaban J connectivity index is 2.91. The number of hydrogen-bond donors (Lipinski definition) is 1. The van der Waals surface area contributed by atoms with Crippen LogP contribution in [-0.2, 0) is 6.42 Å². The molecule has 1 aromatic rings. The summed E-state index contributed by atoms with van der Waals surface area (Å²) in [6.45, 7) is 9.06. The van der Waals surface area contributed by atoms with Gasteiger partial charge in [-0.1, -0.05) is 33.0 Å². The molecule has 0 saturated carbocycles. The minimum atomic E-state index is -1.27. The molecule has 0 unspecified atom stereocenters. The van der Waals surface area contributed by atoms with E-state index in [-0.39, 0.29) is 0 Å². The largest absolute Gasteiger partial charge is 0.198 e. The van der Waals surface area contributed by atoms with Crippen molar-refractivity contribution in [2.24, 2.45) is 0 Å². The molecule has 12 heavy (non-hydrogen) atoms. The van der Waals surface area contributed by atoms with Gasteiger partial charge in [0.05, 0.1) is 11.0 Å². The van der Waals surface area contributed by atoms with Crippen molar-refractivity contribution in [1.82, 2.24) is 15.4 Å². The van der Waals surface area contributed by atoms with Crippen LogP contribution in [0.4, 0.5) is 0 Å². The first-order valence-corrected chi connectivity index (χ1v) is 7.96. The Labute approximate surface area is 74.6 Å². The van der Waals surface area contributed by atoms with Crippen LogP contribution in [0, 0.1) is 0 Å². The first-order chi connectivity index (χ1) is 5.55. The average molecular weight is 183 g/mol. The van der Waals surface area contributed by atoms with Crippen molar-refractivity contribution < 1.29 is 0 Å². The molecule has 3 nitrogen and oxygen atoms in total. The molecule has 0 spiro atoms. The molecule has 0 aliphatic rings. The molecule has 0 saturated heterocycles. The van der Waals surface area contributed by atoms with Crippen LogP contribution in [0.3, 0.4) is 0 Å². The van der Waals surface area contributed by atoms with Gasteiger partial charge in [0.2, 0.25) is 0 Å². The number of nitrogens with one attached hydrogen (secondary N) is 1. The topological polar surface area (TPSA) is 41.6 Å². The second kappa shape index (κ2) is 3.39. The van der Waals surface area contributed by atoms with Gasteiger partial charge in [0, 0.05) is 0 Å². The maximum Gasteiger partial charge on any atom is 0.106 e. The number of aromatic amines is 1. The molecule has 0 aliphatic carbocycles. The summed E-state index contributed by atoms with van der Waals surface area (Å²) in [4.78, 5) is 0.